The van der Waals surface area contributed by atoms with Crippen molar-refractivity contribution in [1.29, 1.82) is 0 Å². The normalized spacial score (nSPS) is 10.4. The van der Waals surface area contributed by atoms with Crippen LogP contribution in [0.3, 0.4) is 0 Å². The molecule has 0 spiro atoms. The Kier molecular flexibility index (Phi) is 3.89. The van der Waals surface area contributed by atoms with Gasteiger partial charge in [0.25, 0.3) is 5.56 Å². The van der Waals surface area contributed by atoms with Gasteiger partial charge in [-0.15, -0.1) is 0 Å². The molecule has 6 heteroatoms. The van der Waals surface area contributed by atoms with Gasteiger partial charge in [-0.25, -0.2) is 4.68 Å². The molecule has 18 heavy (non-hydrogen) atoms. The zero-order valence-corrected chi connectivity index (χ0v) is 11.1. The summed E-state index contributed by atoms with van der Waals surface area (Å²) < 4.78 is 6.32. The van der Waals surface area contributed by atoms with Crippen LogP contribution in [0.2, 0.25) is 10.2 Å². The SMILES string of the molecule is COc1ccc(Cn2nc(Cl)c(Cl)cc2=O)cc1. The Hall–Kier alpha value is -1.52. The average Bonchev–Trinajstić information content (AvgIpc) is 2.37. The molecule has 0 fully saturated rings. The second-order valence-corrected chi connectivity index (χ2v) is 4.39. The van der Waals surface area contributed by atoms with Gasteiger partial charge in [0, 0.05) is 6.07 Å². The largest absolute Gasteiger partial charge is 0.497 e. The summed E-state index contributed by atoms with van der Waals surface area (Å²) in [6.07, 6.45) is 0. The van der Waals surface area contributed by atoms with Gasteiger partial charge >= 0.3 is 0 Å². The highest BCUT2D eigenvalue weighted by Crippen LogP contribution is 2.16. The zero-order valence-electron chi connectivity index (χ0n) is 9.56. The maximum atomic E-state index is 11.7. The lowest BCUT2D eigenvalue weighted by Crippen LogP contribution is -2.22. The monoisotopic (exact) mass is 284 g/mol. The van der Waals surface area contributed by atoms with E-state index in [0.717, 1.165) is 11.3 Å². The van der Waals surface area contributed by atoms with Crippen LogP contribution >= 0.6 is 23.2 Å². The fourth-order valence-corrected chi connectivity index (χ4v) is 1.74. The summed E-state index contributed by atoms with van der Waals surface area (Å²) in [5.41, 5.74) is 0.629. The second kappa shape index (κ2) is 5.42. The lowest BCUT2D eigenvalue weighted by atomic mass is 10.2. The fraction of sp³-hybridized carbons (Fsp3) is 0.167. The maximum Gasteiger partial charge on any atom is 0.268 e. The van der Waals surface area contributed by atoms with Crippen molar-refractivity contribution in [2.24, 2.45) is 0 Å². The molecule has 94 valence electrons. The first-order valence-corrected chi connectivity index (χ1v) is 5.92. The van der Waals surface area contributed by atoms with Gasteiger partial charge in [-0.05, 0) is 17.7 Å². The number of benzene rings is 1. The van der Waals surface area contributed by atoms with Gasteiger partial charge in [-0.3, -0.25) is 4.79 Å². The molecule has 4 nitrogen and oxygen atoms in total. The van der Waals surface area contributed by atoms with Crippen LogP contribution in [0.1, 0.15) is 5.56 Å². The summed E-state index contributed by atoms with van der Waals surface area (Å²) in [6, 6.07) is 8.60. The lowest BCUT2D eigenvalue weighted by molar-refractivity contribution is 0.414. The minimum atomic E-state index is -0.291. The summed E-state index contributed by atoms with van der Waals surface area (Å²) in [7, 11) is 1.60. The summed E-state index contributed by atoms with van der Waals surface area (Å²) in [4.78, 5) is 11.7. The Balaban J connectivity index is 2.28. The van der Waals surface area contributed by atoms with Crippen LogP contribution in [0.25, 0.3) is 0 Å². The molecule has 1 aromatic carbocycles. The minimum absolute atomic E-state index is 0.116. The van der Waals surface area contributed by atoms with Gasteiger partial charge in [0.15, 0.2) is 5.15 Å². The number of methoxy groups -OCH3 is 1. The molecule has 2 rings (SSSR count). The van der Waals surface area contributed by atoms with Crippen molar-refractivity contribution in [2.75, 3.05) is 7.11 Å². The first kappa shape index (κ1) is 12.9. The van der Waals surface area contributed by atoms with E-state index in [1.165, 1.54) is 10.7 Å². The van der Waals surface area contributed by atoms with Crippen LogP contribution in [0.4, 0.5) is 0 Å². The van der Waals surface area contributed by atoms with E-state index < -0.39 is 0 Å². The Morgan fingerprint density at radius 3 is 2.56 bits per heavy atom. The highest BCUT2D eigenvalue weighted by Gasteiger charge is 2.05. The predicted molar refractivity (Wildman–Crippen MR) is 70.6 cm³/mol. The van der Waals surface area contributed by atoms with E-state index in [9.17, 15) is 4.79 Å². The van der Waals surface area contributed by atoms with Crippen molar-refractivity contribution < 1.29 is 4.74 Å². The molecule has 0 unspecified atom stereocenters. The molecule has 0 N–H and O–H groups in total. The molecule has 0 atom stereocenters. The van der Waals surface area contributed by atoms with Crippen LogP contribution in [-0.4, -0.2) is 16.9 Å². The van der Waals surface area contributed by atoms with Crippen LogP contribution < -0.4 is 10.3 Å². The number of halogens is 2. The van der Waals surface area contributed by atoms with Crippen LogP contribution in [-0.2, 0) is 6.54 Å². The van der Waals surface area contributed by atoms with E-state index in [1.54, 1.807) is 7.11 Å². The van der Waals surface area contributed by atoms with Gasteiger partial charge in [-0.2, -0.15) is 5.10 Å². The molecule has 0 bridgehead atoms. The Morgan fingerprint density at radius 1 is 1.28 bits per heavy atom. The third-order valence-electron chi connectivity index (χ3n) is 2.40. The van der Waals surface area contributed by atoms with Gasteiger partial charge in [0.1, 0.15) is 5.75 Å². The molecular weight excluding hydrogens is 275 g/mol. The fourth-order valence-electron chi connectivity index (χ4n) is 1.46. The maximum absolute atomic E-state index is 11.7. The Labute approximate surface area is 114 Å². The molecule has 1 aromatic heterocycles. The number of aromatic nitrogens is 2. The van der Waals surface area contributed by atoms with Gasteiger partial charge < -0.3 is 4.74 Å². The molecule has 0 amide bonds. The lowest BCUT2D eigenvalue weighted by Gasteiger charge is -2.06. The topological polar surface area (TPSA) is 44.1 Å². The number of hydrogen-bond acceptors (Lipinski definition) is 3. The van der Waals surface area contributed by atoms with E-state index in [0.29, 0.717) is 6.54 Å². The van der Waals surface area contributed by atoms with Crippen molar-refractivity contribution in [3.05, 3.63) is 56.4 Å². The average molecular weight is 285 g/mol. The number of rotatable bonds is 3. The van der Waals surface area contributed by atoms with Crippen molar-refractivity contribution in [1.82, 2.24) is 9.78 Å². The molecule has 2 aromatic rings. The molecular formula is C12H10Cl2N2O2. The van der Waals surface area contributed by atoms with Crippen LogP contribution in [0, 0.1) is 0 Å². The third kappa shape index (κ3) is 2.83. The molecule has 1 heterocycles. The zero-order chi connectivity index (χ0) is 13.1. The van der Waals surface area contributed by atoms with E-state index in [-0.39, 0.29) is 15.7 Å². The third-order valence-corrected chi connectivity index (χ3v) is 3.07. The first-order valence-electron chi connectivity index (χ1n) is 5.16. The summed E-state index contributed by atoms with van der Waals surface area (Å²) in [6.45, 7) is 0.333. The highest BCUT2D eigenvalue weighted by atomic mass is 35.5. The Morgan fingerprint density at radius 2 is 1.94 bits per heavy atom. The van der Waals surface area contributed by atoms with Gasteiger partial charge in [0.05, 0.1) is 18.7 Å². The van der Waals surface area contributed by atoms with Crippen molar-refractivity contribution >= 4 is 23.2 Å². The standard InChI is InChI=1S/C12H10Cl2N2O2/c1-18-9-4-2-8(3-5-9)7-16-11(17)6-10(13)12(14)15-16/h2-6H,7H2,1H3. The van der Waals surface area contributed by atoms with Gasteiger partial charge in [0.2, 0.25) is 0 Å². The number of nitrogens with zero attached hydrogens (tertiary/aromatic N) is 2. The second-order valence-electron chi connectivity index (χ2n) is 3.63. The van der Waals surface area contributed by atoms with Gasteiger partial charge in [-0.1, -0.05) is 35.3 Å². The number of hydrogen-bond donors (Lipinski definition) is 0. The first-order chi connectivity index (χ1) is 8.60. The molecule has 0 aliphatic heterocycles. The Bertz CT molecular complexity index is 608. The van der Waals surface area contributed by atoms with Crippen molar-refractivity contribution in [2.45, 2.75) is 6.54 Å². The molecule has 0 saturated heterocycles. The summed E-state index contributed by atoms with van der Waals surface area (Å²) in [5, 5.41) is 4.19. The van der Waals surface area contributed by atoms with Crippen LogP contribution in [0.5, 0.6) is 5.75 Å². The van der Waals surface area contributed by atoms with Crippen LogP contribution in [0.15, 0.2) is 35.1 Å². The number of ether oxygens (including phenoxy) is 1. The van der Waals surface area contributed by atoms with E-state index in [4.69, 9.17) is 27.9 Å². The van der Waals surface area contributed by atoms with Crippen molar-refractivity contribution in [3.63, 3.8) is 0 Å². The molecule has 0 saturated carbocycles. The molecule has 0 aliphatic rings. The molecule has 0 radical (unpaired) electrons. The van der Waals surface area contributed by atoms with E-state index >= 15 is 0 Å². The summed E-state index contributed by atoms with van der Waals surface area (Å²) >= 11 is 11.5. The van der Waals surface area contributed by atoms with E-state index in [1.807, 2.05) is 24.3 Å². The smallest absolute Gasteiger partial charge is 0.268 e. The highest BCUT2D eigenvalue weighted by molar-refractivity contribution is 6.41. The summed E-state index contributed by atoms with van der Waals surface area (Å²) in [5.74, 6) is 0.758. The van der Waals surface area contributed by atoms with Crippen molar-refractivity contribution in [3.8, 4) is 5.75 Å². The predicted octanol–water partition coefficient (Wildman–Crippen LogP) is 2.61. The quantitative estimate of drug-likeness (QED) is 0.870. The molecule has 0 aliphatic carbocycles. The van der Waals surface area contributed by atoms with E-state index in [2.05, 4.69) is 5.10 Å². The minimum Gasteiger partial charge on any atom is -0.497 e.